The maximum atomic E-state index is 11.8. The molecule has 3 nitrogen and oxygen atoms in total. The Hall–Kier alpha value is -2.29. The molecule has 1 aliphatic rings. The van der Waals surface area contributed by atoms with E-state index in [0.29, 0.717) is 6.54 Å². The third-order valence-electron chi connectivity index (χ3n) is 3.33. The Morgan fingerprint density at radius 2 is 1.89 bits per heavy atom. The zero-order chi connectivity index (χ0) is 13.2. The first-order valence-corrected chi connectivity index (χ1v) is 6.42. The fraction of sp³-hybridized carbons (Fsp3) is 0.188. The molecule has 3 heteroatoms. The Kier molecular flexibility index (Phi) is 2.95. The average Bonchev–Trinajstić information content (AvgIpc) is 2.47. The topological polar surface area (TPSA) is 29.5 Å². The van der Waals surface area contributed by atoms with Crippen LogP contribution in [0, 0.1) is 0 Å². The maximum Gasteiger partial charge on any atom is 0.265 e. The zero-order valence-electron chi connectivity index (χ0n) is 10.8. The van der Waals surface area contributed by atoms with Crippen LogP contribution in [0.1, 0.15) is 6.92 Å². The van der Waals surface area contributed by atoms with Crippen LogP contribution in [-0.2, 0) is 4.79 Å². The third kappa shape index (κ3) is 2.08. The van der Waals surface area contributed by atoms with Gasteiger partial charge in [-0.25, -0.2) is 0 Å². The van der Waals surface area contributed by atoms with Crippen molar-refractivity contribution in [1.29, 1.82) is 0 Å². The van der Waals surface area contributed by atoms with E-state index in [1.165, 1.54) is 0 Å². The van der Waals surface area contributed by atoms with Crippen molar-refractivity contribution < 1.29 is 9.53 Å². The van der Waals surface area contributed by atoms with E-state index in [2.05, 4.69) is 12.1 Å². The molecule has 96 valence electrons. The lowest BCUT2D eigenvalue weighted by molar-refractivity contribution is -0.121. The van der Waals surface area contributed by atoms with E-state index in [4.69, 9.17) is 4.74 Å². The van der Waals surface area contributed by atoms with Crippen LogP contribution in [-0.4, -0.2) is 19.1 Å². The monoisotopic (exact) mass is 253 g/mol. The molecule has 0 radical (unpaired) electrons. The van der Waals surface area contributed by atoms with Gasteiger partial charge in [0.15, 0.2) is 6.61 Å². The first-order chi connectivity index (χ1) is 9.29. The first kappa shape index (κ1) is 11.8. The van der Waals surface area contributed by atoms with E-state index in [1.807, 2.05) is 43.3 Å². The van der Waals surface area contributed by atoms with Gasteiger partial charge in [-0.15, -0.1) is 0 Å². The molecule has 1 heterocycles. The summed E-state index contributed by atoms with van der Waals surface area (Å²) in [5.41, 5.74) is 3.09. The summed E-state index contributed by atoms with van der Waals surface area (Å²) in [7, 11) is 0. The molecule has 19 heavy (non-hydrogen) atoms. The van der Waals surface area contributed by atoms with Crippen LogP contribution >= 0.6 is 0 Å². The lowest BCUT2D eigenvalue weighted by atomic mass is 10.0. The fourth-order valence-corrected chi connectivity index (χ4v) is 2.36. The highest BCUT2D eigenvalue weighted by molar-refractivity contribution is 5.98. The van der Waals surface area contributed by atoms with Gasteiger partial charge in [0.1, 0.15) is 5.75 Å². The van der Waals surface area contributed by atoms with Gasteiger partial charge in [-0.2, -0.15) is 0 Å². The average molecular weight is 253 g/mol. The normalized spacial score (nSPS) is 13.9. The van der Waals surface area contributed by atoms with Crippen molar-refractivity contribution in [2.45, 2.75) is 6.92 Å². The van der Waals surface area contributed by atoms with Crippen LogP contribution in [0.15, 0.2) is 48.5 Å². The Balaban J connectivity index is 2.08. The maximum absolute atomic E-state index is 11.8. The van der Waals surface area contributed by atoms with Crippen LogP contribution in [0.3, 0.4) is 0 Å². The van der Waals surface area contributed by atoms with Gasteiger partial charge in [0.25, 0.3) is 5.91 Å². The standard InChI is InChI=1S/C16H15NO2/c1-2-17-14-10-13(12-6-4-3-5-7-12)8-9-15(14)19-11-16(17)18/h3-10H,2,11H2,1H3. The molecule has 0 N–H and O–H groups in total. The Morgan fingerprint density at radius 1 is 1.11 bits per heavy atom. The van der Waals surface area contributed by atoms with Gasteiger partial charge >= 0.3 is 0 Å². The largest absolute Gasteiger partial charge is 0.482 e. The number of rotatable bonds is 2. The highest BCUT2D eigenvalue weighted by Crippen LogP contribution is 2.35. The summed E-state index contributed by atoms with van der Waals surface area (Å²) in [6, 6.07) is 16.1. The quantitative estimate of drug-likeness (QED) is 0.823. The number of likely N-dealkylation sites (N-methyl/N-ethyl adjacent to an activating group) is 1. The number of nitrogens with zero attached hydrogens (tertiary/aromatic N) is 1. The third-order valence-corrected chi connectivity index (χ3v) is 3.33. The molecule has 2 aromatic rings. The van der Waals surface area contributed by atoms with E-state index < -0.39 is 0 Å². The molecule has 1 amide bonds. The number of carbonyl (C=O) groups is 1. The second-order valence-electron chi connectivity index (χ2n) is 4.48. The SMILES string of the molecule is CCN1C(=O)COc2ccc(-c3ccccc3)cc21. The van der Waals surface area contributed by atoms with Crippen molar-refractivity contribution in [1.82, 2.24) is 0 Å². The number of hydrogen-bond donors (Lipinski definition) is 0. The van der Waals surface area contributed by atoms with Gasteiger partial charge in [0.2, 0.25) is 0 Å². The number of fused-ring (bicyclic) bond motifs is 1. The van der Waals surface area contributed by atoms with Crippen molar-refractivity contribution in [3.63, 3.8) is 0 Å². The van der Waals surface area contributed by atoms with Gasteiger partial charge in [-0.3, -0.25) is 4.79 Å². The Morgan fingerprint density at radius 3 is 2.63 bits per heavy atom. The molecular weight excluding hydrogens is 238 g/mol. The number of benzene rings is 2. The summed E-state index contributed by atoms with van der Waals surface area (Å²) < 4.78 is 5.47. The minimum Gasteiger partial charge on any atom is -0.482 e. The molecule has 1 aliphatic heterocycles. The van der Waals surface area contributed by atoms with Gasteiger partial charge in [0, 0.05) is 6.54 Å². The summed E-state index contributed by atoms with van der Waals surface area (Å²) in [6.45, 7) is 2.77. The van der Waals surface area contributed by atoms with Gasteiger partial charge < -0.3 is 9.64 Å². The zero-order valence-corrected chi connectivity index (χ0v) is 10.8. The van der Waals surface area contributed by atoms with Gasteiger partial charge in [-0.05, 0) is 30.2 Å². The minimum absolute atomic E-state index is 0.0141. The van der Waals surface area contributed by atoms with Crippen molar-refractivity contribution >= 4 is 11.6 Å². The minimum atomic E-state index is 0.0141. The summed E-state index contributed by atoms with van der Waals surface area (Å²) >= 11 is 0. The molecule has 0 aliphatic carbocycles. The van der Waals surface area contributed by atoms with E-state index in [-0.39, 0.29) is 12.5 Å². The molecule has 0 fully saturated rings. The van der Waals surface area contributed by atoms with E-state index >= 15 is 0 Å². The lowest BCUT2D eigenvalue weighted by Gasteiger charge is -2.28. The number of ether oxygens (including phenoxy) is 1. The van der Waals surface area contributed by atoms with E-state index in [0.717, 1.165) is 22.6 Å². The predicted octanol–water partition coefficient (Wildman–Crippen LogP) is 3.10. The molecule has 3 rings (SSSR count). The molecular formula is C16H15NO2. The molecule has 0 saturated carbocycles. The van der Waals surface area contributed by atoms with Crippen molar-refractivity contribution in [3.8, 4) is 16.9 Å². The van der Waals surface area contributed by atoms with Crippen LogP contribution in [0.2, 0.25) is 0 Å². The molecule has 0 saturated heterocycles. The van der Waals surface area contributed by atoms with Crippen LogP contribution in [0.4, 0.5) is 5.69 Å². The lowest BCUT2D eigenvalue weighted by Crippen LogP contribution is -2.38. The second kappa shape index (κ2) is 4.76. The summed E-state index contributed by atoms with van der Waals surface area (Å²) in [5, 5.41) is 0. The van der Waals surface area contributed by atoms with Crippen LogP contribution in [0.25, 0.3) is 11.1 Å². The highest BCUT2D eigenvalue weighted by Gasteiger charge is 2.24. The van der Waals surface area contributed by atoms with Gasteiger partial charge in [0.05, 0.1) is 5.69 Å². The first-order valence-electron chi connectivity index (χ1n) is 6.42. The van der Waals surface area contributed by atoms with Crippen LogP contribution in [0.5, 0.6) is 5.75 Å². The van der Waals surface area contributed by atoms with Gasteiger partial charge in [-0.1, -0.05) is 36.4 Å². The highest BCUT2D eigenvalue weighted by atomic mass is 16.5. The Bertz CT molecular complexity index is 607. The Labute approximate surface area is 112 Å². The van der Waals surface area contributed by atoms with Crippen LogP contribution < -0.4 is 9.64 Å². The predicted molar refractivity (Wildman–Crippen MR) is 75.4 cm³/mol. The van der Waals surface area contributed by atoms with E-state index in [1.54, 1.807) is 4.90 Å². The molecule has 0 bridgehead atoms. The molecule has 0 spiro atoms. The number of carbonyl (C=O) groups excluding carboxylic acids is 1. The number of hydrogen-bond acceptors (Lipinski definition) is 2. The molecule has 0 unspecified atom stereocenters. The van der Waals surface area contributed by atoms with Crippen molar-refractivity contribution in [2.24, 2.45) is 0 Å². The molecule has 2 aromatic carbocycles. The summed E-state index contributed by atoms with van der Waals surface area (Å²) in [5.74, 6) is 0.793. The number of anilines is 1. The smallest absolute Gasteiger partial charge is 0.265 e. The summed E-state index contributed by atoms with van der Waals surface area (Å²) in [6.07, 6.45) is 0. The molecule has 0 aromatic heterocycles. The summed E-state index contributed by atoms with van der Waals surface area (Å²) in [4.78, 5) is 13.6. The van der Waals surface area contributed by atoms with Crippen molar-refractivity contribution in [2.75, 3.05) is 18.1 Å². The second-order valence-corrected chi connectivity index (χ2v) is 4.48. The van der Waals surface area contributed by atoms with E-state index in [9.17, 15) is 4.79 Å². The molecule has 0 atom stereocenters. The number of amides is 1. The van der Waals surface area contributed by atoms with Crippen molar-refractivity contribution in [3.05, 3.63) is 48.5 Å². The fourth-order valence-electron chi connectivity index (χ4n) is 2.36.